The molecule has 172 valence electrons. The van der Waals surface area contributed by atoms with Gasteiger partial charge in [0, 0.05) is 30.2 Å². The number of nitriles is 1. The van der Waals surface area contributed by atoms with Gasteiger partial charge in [-0.25, -0.2) is 17.8 Å². The third-order valence-electron chi connectivity index (χ3n) is 6.14. The molecule has 4 rings (SSSR count). The summed E-state index contributed by atoms with van der Waals surface area (Å²) < 4.78 is 42.3. The molecular weight excluding hydrogens is 473 g/mol. The molecule has 0 spiro atoms. The Kier molecular flexibility index (Phi) is 7.20. The average molecular weight is 498 g/mol. The Balaban J connectivity index is 1.53. The van der Waals surface area contributed by atoms with E-state index in [1.165, 1.54) is 6.20 Å². The molecule has 1 saturated heterocycles. The van der Waals surface area contributed by atoms with Crippen LogP contribution in [-0.4, -0.2) is 43.5 Å². The van der Waals surface area contributed by atoms with E-state index in [4.69, 9.17) is 11.6 Å². The van der Waals surface area contributed by atoms with Crippen molar-refractivity contribution in [3.8, 4) is 6.07 Å². The van der Waals surface area contributed by atoms with Gasteiger partial charge in [0.2, 0.25) is 0 Å². The summed E-state index contributed by atoms with van der Waals surface area (Å²) in [5.41, 5.74) is 0.378. The molecule has 2 heterocycles. The van der Waals surface area contributed by atoms with E-state index < -0.39 is 20.7 Å². The molecule has 2 fully saturated rings. The molecule has 1 aliphatic heterocycles. The summed E-state index contributed by atoms with van der Waals surface area (Å²) >= 11 is 7.50. The molecule has 0 radical (unpaired) electrons. The van der Waals surface area contributed by atoms with Crippen molar-refractivity contribution in [3.63, 3.8) is 0 Å². The van der Waals surface area contributed by atoms with Crippen molar-refractivity contribution in [2.45, 2.75) is 55.5 Å². The van der Waals surface area contributed by atoms with Gasteiger partial charge in [0.25, 0.3) is 10.0 Å². The lowest BCUT2D eigenvalue weighted by Gasteiger charge is -2.43. The van der Waals surface area contributed by atoms with Crippen molar-refractivity contribution in [1.82, 2.24) is 9.88 Å². The van der Waals surface area contributed by atoms with E-state index in [0.717, 1.165) is 75.1 Å². The van der Waals surface area contributed by atoms with E-state index in [1.807, 2.05) is 0 Å². The van der Waals surface area contributed by atoms with Crippen LogP contribution >= 0.6 is 22.9 Å². The number of hydrogen-bond donors (Lipinski definition) is 2. The first-order valence-electron chi connectivity index (χ1n) is 10.7. The van der Waals surface area contributed by atoms with Gasteiger partial charge in [-0.05, 0) is 44.4 Å². The minimum atomic E-state index is -4.15. The fourth-order valence-electron chi connectivity index (χ4n) is 4.62. The molecule has 7 nitrogen and oxygen atoms in total. The van der Waals surface area contributed by atoms with Gasteiger partial charge >= 0.3 is 0 Å². The Hall–Kier alpha value is -1.93. The van der Waals surface area contributed by atoms with Crippen molar-refractivity contribution in [1.29, 1.82) is 5.26 Å². The standard InChI is InChI=1S/C21H25ClFN5O2S2/c22-15-10-20(32(29,30)27-21-25-7-9-31-21)16(23)11-18(15)26-17-5-1-2-6-19(17)28-8-3-4-14(12-24)13-28/h7,9-11,14,17,19,26H,1-6,8,13H2,(H,25,27)/t14?,17-,19-/m0/s1. The highest BCUT2D eigenvalue weighted by atomic mass is 35.5. The summed E-state index contributed by atoms with van der Waals surface area (Å²) in [6, 6.07) is 4.96. The molecular formula is C21H25ClFN5O2S2. The highest BCUT2D eigenvalue weighted by molar-refractivity contribution is 7.93. The second kappa shape index (κ2) is 9.91. The largest absolute Gasteiger partial charge is 0.379 e. The van der Waals surface area contributed by atoms with Gasteiger partial charge in [-0.1, -0.05) is 24.4 Å². The molecule has 11 heteroatoms. The smallest absolute Gasteiger partial charge is 0.266 e. The molecule has 0 bridgehead atoms. The van der Waals surface area contributed by atoms with Crippen LogP contribution in [0.1, 0.15) is 38.5 Å². The zero-order valence-corrected chi connectivity index (χ0v) is 19.8. The predicted octanol–water partition coefficient (Wildman–Crippen LogP) is 4.70. The molecule has 2 aromatic rings. The van der Waals surface area contributed by atoms with Gasteiger partial charge in [-0.15, -0.1) is 11.3 Å². The molecule has 3 atom stereocenters. The average Bonchev–Trinajstić information content (AvgIpc) is 3.28. The van der Waals surface area contributed by atoms with E-state index in [-0.39, 0.29) is 28.2 Å². The number of nitrogens with one attached hydrogen (secondary N) is 2. The number of thiazole rings is 1. The number of rotatable bonds is 6. The fraction of sp³-hybridized carbons (Fsp3) is 0.524. The third-order valence-corrected chi connectivity index (χ3v) is 8.62. The highest BCUT2D eigenvalue weighted by Gasteiger charge is 2.34. The molecule has 2 N–H and O–H groups in total. The van der Waals surface area contributed by atoms with E-state index in [1.54, 1.807) is 5.38 Å². The van der Waals surface area contributed by atoms with Crippen LogP contribution in [0.4, 0.5) is 15.2 Å². The van der Waals surface area contributed by atoms with Crippen LogP contribution in [0.25, 0.3) is 0 Å². The lowest BCUT2D eigenvalue weighted by molar-refractivity contribution is 0.105. The Bertz CT molecular complexity index is 1090. The Labute approximate surface area is 196 Å². The number of aromatic nitrogens is 1. The van der Waals surface area contributed by atoms with Crippen LogP contribution in [0.15, 0.2) is 28.6 Å². The first kappa shape index (κ1) is 23.2. The number of hydrogen-bond acceptors (Lipinski definition) is 7. The number of likely N-dealkylation sites (tertiary alicyclic amines) is 1. The second-order valence-electron chi connectivity index (χ2n) is 8.27. The maximum absolute atomic E-state index is 14.9. The van der Waals surface area contributed by atoms with Crippen molar-refractivity contribution < 1.29 is 12.8 Å². The van der Waals surface area contributed by atoms with E-state index in [9.17, 15) is 18.1 Å². The van der Waals surface area contributed by atoms with Crippen LogP contribution in [0.3, 0.4) is 0 Å². The van der Waals surface area contributed by atoms with Crippen LogP contribution in [0, 0.1) is 23.1 Å². The van der Waals surface area contributed by atoms with Gasteiger partial charge in [-0.3, -0.25) is 9.62 Å². The van der Waals surface area contributed by atoms with Gasteiger partial charge in [0.05, 0.1) is 22.7 Å². The first-order chi connectivity index (χ1) is 15.4. The lowest BCUT2D eigenvalue weighted by Crippen LogP contribution is -2.52. The maximum Gasteiger partial charge on any atom is 0.266 e. The topological polar surface area (TPSA) is 98.1 Å². The number of sulfonamides is 1. The Morgan fingerprint density at radius 3 is 2.81 bits per heavy atom. The minimum absolute atomic E-state index is 0.0437. The van der Waals surface area contributed by atoms with Crippen LogP contribution in [0.5, 0.6) is 0 Å². The molecule has 1 unspecified atom stereocenters. The van der Waals surface area contributed by atoms with Gasteiger partial charge in [0.1, 0.15) is 10.7 Å². The molecule has 32 heavy (non-hydrogen) atoms. The zero-order valence-electron chi connectivity index (χ0n) is 17.4. The van der Waals surface area contributed by atoms with Crippen molar-refractivity contribution in [2.75, 3.05) is 23.1 Å². The zero-order chi connectivity index (χ0) is 22.7. The summed E-state index contributed by atoms with van der Waals surface area (Å²) in [6.07, 6.45) is 7.45. The summed E-state index contributed by atoms with van der Waals surface area (Å²) in [5.74, 6) is -0.835. The Morgan fingerprint density at radius 2 is 2.06 bits per heavy atom. The number of nitrogens with zero attached hydrogens (tertiary/aromatic N) is 3. The summed E-state index contributed by atoms with van der Waals surface area (Å²) in [4.78, 5) is 5.73. The van der Waals surface area contributed by atoms with E-state index in [2.05, 4.69) is 26.0 Å². The number of halogens is 2. The SMILES string of the molecule is N#CC1CCCN([C@H]2CCCC[C@@H]2Nc2cc(F)c(S(=O)(=O)Nc3nccs3)cc2Cl)C1. The fourth-order valence-corrected chi connectivity index (χ4v) is 6.78. The number of piperidine rings is 1. The minimum Gasteiger partial charge on any atom is -0.379 e. The summed E-state index contributed by atoms with van der Waals surface area (Å²) in [5, 5.41) is 14.6. The van der Waals surface area contributed by atoms with Crippen molar-refractivity contribution in [3.05, 3.63) is 34.5 Å². The van der Waals surface area contributed by atoms with Gasteiger partial charge < -0.3 is 5.32 Å². The van der Waals surface area contributed by atoms with Crippen LogP contribution in [0.2, 0.25) is 5.02 Å². The molecule has 1 saturated carbocycles. The lowest BCUT2D eigenvalue weighted by atomic mass is 9.86. The summed E-state index contributed by atoms with van der Waals surface area (Å²) in [6.45, 7) is 1.70. The van der Waals surface area contributed by atoms with Crippen molar-refractivity contribution >= 4 is 43.8 Å². The van der Waals surface area contributed by atoms with Gasteiger partial charge in [0.15, 0.2) is 5.13 Å². The predicted molar refractivity (Wildman–Crippen MR) is 124 cm³/mol. The maximum atomic E-state index is 14.9. The Morgan fingerprint density at radius 1 is 1.25 bits per heavy atom. The highest BCUT2D eigenvalue weighted by Crippen LogP contribution is 2.34. The molecule has 1 aromatic heterocycles. The quantitative estimate of drug-likeness (QED) is 0.600. The van der Waals surface area contributed by atoms with Crippen LogP contribution in [-0.2, 0) is 10.0 Å². The first-order valence-corrected chi connectivity index (χ1v) is 13.4. The molecule has 1 aromatic carbocycles. The van der Waals surface area contributed by atoms with E-state index in [0.29, 0.717) is 5.69 Å². The molecule has 1 aliphatic carbocycles. The van der Waals surface area contributed by atoms with Crippen LogP contribution < -0.4 is 10.0 Å². The molecule has 2 aliphatic rings. The second-order valence-corrected chi connectivity index (χ2v) is 11.2. The number of anilines is 2. The van der Waals surface area contributed by atoms with Gasteiger partial charge in [-0.2, -0.15) is 5.26 Å². The summed E-state index contributed by atoms with van der Waals surface area (Å²) in [7, 11) is -4.15. The number of benzene rings is 1. The normalized spacial score (nSPS) is 24.6. The monoisotopic (exact) mass is 497 g/mol. The third kappa shape index (κ3) is 5.17. The van der Waals surface area contributed by atoms with Crippen molar-refractivity contribution in [2.24, 2.45) is 5.92 Å². The van der Waals surface area contributed by atoms with E-state index >= 15 is 0 Å². The molecule has 0 amide bonds.